The van der Waals surface area contributed by atoms with Crippen molar-refractivity contribution in [2.75, 3.05) is 10.6 Å². The van der Waals surface area contributed by atoms with E-state index < -0.39 is 29.4 Å². The molecule has 5 nitrogen and oxygen atoms in total. The number of carboxylic acids is 1. The number of urea groups is 1. The van der Waals surface area contributed by atoms with Gasteiger partial charge in [-0.3, -0.25) is 0 Å². The summed E-state index contributed by atoms with van der Waals surface area (Å²) < 4.78 is 38.6. The molecule has 24 heavy (non-hydrogen) atoms. The molecule has 0 aromatic heterocycles. The molecule has 0 saturated carbocycles. The van der Waals surface area contributed by atoms with Crippen LogP contribution in [0.2, 0.25) is 5.02 Å². The zero-order chi connectivity index (χ0) is 17.9. The summed E-state index contributed by atoms with van der Waals surface area (Å²) in [6, 6.07) is 7.20. The summed E-state index contributed by atoms with van der Waals surface area (Å²) in [6.45, 7) is 0. The van der Waals surface area contributed by atoms with E-state index in [1.165, 1.54) is 24.3 Å². The molecule has 0 unspecified atom stereocenters. The van der Waals surface area contributed by atoms with Gasteiger partial charge < -0.3 is 15.7 Å². The lowest BCUT2D eigenvalue weighted by Crippen LogP contribution is -2.22. The second kappa shape index (κ2) is 6.79. The van der Waals surface area contributed by atoms with E-state index in [-0.39, 0.29) is 16.3 Å². The molecule has 2 aromatic rings. The Labute approximate surface area is 139 Å². The van der Waals surface area contributed by atoms with Gasteiger partial charge in [-0.25, -0.2) is 9.59 Å². The van der Waals surface area contributed by atoms with Crippen molar-refractivity contribution in [2.24, 2.45) is 0 Å². The first-order valence-corrected chi connectivity index (χ1v) is 6.83. The standard InChI is InChI=1S/C15H10ClF3N2O3/c16-11-6-5-8(7-9(11)13(22)23)20-14(24)21-12-4-2-1-3-10(12)15(17,18)19/h1-7H,(H,22,23)(H2,20,21,24). The lowest BCUT2D eigenvalue weighted by atomic mass is 10.1. The third-order valence-electron chi connectivity index (χ3n) is 2.94. The Balaban J connectivity index is 2.18. The van der Waals surface area contributed by atoms with Crippen LogP contribution in [0.4, 0.5) is 29.3 Å². The number of aromatic carboxylic acids is 1. The summed E-state index contributed by atoms with van der Waals surface area (Å²) in [5.74, 6) is -1.30. The molecule has 0 aliphatic rings. The Kier molecular flexibility index (Phi) is 4.99. The van der Waals surface area contributed by atoms with Crippen LogP contribution in [0.5, 0.6) is 0 Å². The highest BCUT2D eigenvalue weighted by Crippen LogP contribution is 2.34. The van der Waals surface area contributed by atoms with Crippen LogP contribution >= 0.6 is 11.6 Å². The Morgan fingerprint density at radius 1 is 1.04 bits per heavy atom. The third-order valence-corrected chi connectivity index (χ3v) is 3.26. The fraction of sp³-hybridized carbons (Fsp3) is 0.0667. The fourth-order valence-electron chi connectivity index (χ4n) is 1.89. The minimum absolute atomic E-state index is 0.0316. The number of nitrogens with one attached hydrogen (secondary N) is 2. The summed E-state index contributed by atoms with van der Waals surface area (Å²) in [5.41, 5.74) is -1.60. The molecule has 0 spiro atoms. The predicted molar refractivity (Wildman–Crippen MR) is 82.5 cm³/mol. The highest BCUT2D eigenvalue weighted by molar-refractivity contribution is 6.33. The molecular weight excluding hydrogens is 349 g/mol. The van der Waals surface area contributed by atoms with Gasteiger partial charge >= 0.3 is 18.2 Å². The van der Waals surface area contributed by atoms with Crippen molar-refractivity contribution in [3.63, 3.8) is 0 Å². The first kappa shape index (κ1) is 17.6. The molecular formula is C15H10ClF3N2O3. The molecule has 0 aliphatic carbocycles. The molecule has 9 heteroatoms. The number of rotatable bonds is 3. The molecule has 0 bridgehead atoms. The number of carboxylic acid groups (broad SMARTS) is 1. The monoisotopic (exact) mass is 358 g/mol. The lowest BCUT2D eigenvalue weighted by Gasteiger charge is -2.14. The van der Waals surface area contributed by atoms with Crippen LogP contribution < -0.4 is 10.6 Å². The van der Waals surface area contributed by atoms with Crippen LogP contribution in [-0.4, -0.2) is 17.1 Å². The van der Waals surface area contributed by atoms with Crippen molar-refractivity contribution < 1.29 is 27.9 Å². The number of anilines is 2. The van der Waals surface area contributed by atoms with Crippen LogP contribution in [0.25, 0.3) is 0 Å². The zero-order valence-electron chi connectivity index (χ0n) is 11.8. The summed E-state index contributed by atoms with van der Waals surface area (Å²) >= 11 is 5.69. The van der Waals surface area contributed by atoms with Gasteiger partial charge in [-0.1, -0.05) is 23.7 Å². The van der Waals surface area contributed by atoms with Crippen molar-refractivity contribution in [1.82, 2.24) is 0 Å². The Morgan fingerprint density at radius 3 is 2.33 bits per heavy atom. The normalized spacial score (nSPS) is 11.0. The van der Waals surface area contributed by atoms with E-state index in [0.717, 1.165) is 18.2 Å². The number of amides is 2. The zero-order valence-corrected chi connectivity index (χ0v) is 12.6. The van der Waals surface area contributed by atoms with Crippen LogP contribution in [0, 0.1) is 0 Å². The topological polar surface area (TPSA) is 78.4 Å². The SMILES string of the molecule is O=C(Nc1ccc(Cl)c(C(=O)O)c1)Nc1ccccc1C(F)(F)F. The molecule has 0 saturated heterocycles. The molecule has 2 rings (SSSR count). The molecule has 2 amide bonds. The number of hydrogen-bond donors (Lipinski definition) is 3. The first-order chi connectivity index (χ1) is 11.2. The molecule has 0 radical (unpaired) electrons. The average Bonchev–Trinajstić information content (AvgIpc) is 2.48. The maximum absolute atomic E-state index is 12.9. The van der Waals surface area contributed by atoms with Crippen molar-refractivity contribution in [3.8, 4) is 0 Å². The van der Waals surface area contributed by atoms with Crippen LogP contribution in [0.3, 0.4) is 0 Å². The van der Waals surface area contributed by atoms with Gasteiger partial charge in [0.2, 0.25) is 0 Å². The maximum atomic E-state index is 12.9. The van der Waals surface area contributed by atoms with Gasteiger partial charge in [-0.15, -0.1) is 0 Å². The number of hydrogen-bond acceptors (Lipinski definition) is 2. The lowest BCUT2D eigenvalue weighted by molar-refractivity contribution is -0.136. The van der Waals surface area contributed by atoms with Gasteiger partial charge in [-0.2, -0.15) is 13.2 Å². The van der Waals surface area contributed by atoms with Crippen molar-refractivity contribution in [3.05, 3.63) is 58.6 Å². The van der Waals surface area contributed by atoms with Crippen LogP contribution in [-0.2, 0) is 6.18 Å². The molecule has 0 heterocycles. The first-order valence-electron chi connectivity index (χ1n) is 6.45. The summed E-state index contributed by atoms with van der Waals surface area (Å²) in [7, 11) is 0. The predicted octanol–water partition coefficient (Wildman–Crippen LogP) is 4.70. The number of carbonyl (C=O) groups is 2. The third kappa shape index (κ3) is 4.17. The molecule has 2 aromatic carbocycles. The minimum atomic E-state index is -4.62. The van der Waals surface area contributed by atoms with E-state index in [2.05, 4.69) is 10.6 Å². The number of carbonyl (C=O) groups excluding carboxylic acids is 1. The van der Waals surface area contributed by atoms with Gasteiger partial charge in [0.15, 0.2) is 0 Å². The van der Waals surface area contributed by atoms with Gasteiger partial charge in [0, 0.05) is 5.69 Å². The number of para-hydroxylation sites is 1. The van der Waals surface area contributed by atoms with Crippen molar-refractivity contribution >= 4 is 35.0 Å². The second-order valence-corrected chi connectivity index (χ2v) is 5.03. The highest BCUT2D eigenvalue weighted by atomic mass is 35.5. The van der Waals surface area contributed by atoms with Gasteiger partial charge in [0.1, 0.15) is 0 Å². The van der Waals surface area contributed by atoms with E-state index in [1.54, 1.807) is 0 Å². The number of alkyl halides is 3. The average molecular weight is 359 g/mol. The van der Waals surface area contributed by atoms with E-state index >= 15 is 0 Å². The van der Waals surface area contributed by atoms with Gasteiger partial charge in [0.25, 0.3) is 0 Å². The van der Waals surface area contributed by atoms with Crippen molar-refractivity contribution in [2.45, 2.75) is 6.18 Å². The number of benzene rings is 2. The molecule has 3 N–H and O–H groups in total. The Bertz CT molecular complexity index is 794. The molecule has 0 aliphatic heterocycles. The Hall–Kier alpha value is -2.74. The van der Waals surface area contributed by atoms with E-state index in [1.807, 2.05) is 0 Å². The molecule has 0 atom stereocenters. The Morgan fingerprint density at radius 2 is 1.71 bits per heavy atom. The largest absolute Gasteiger partial charge is 0.478 e. The van der Waals surface area contributed by atoms with Crippen molar-refractivity contribution in [1.29, 1.82) is 0 Å². The molecule has 126 valence electrons. The van der Waals surface area contributed by atoms with Gasteiger partial charge in [-0.05, 0) is 30.3 Å². The quantitative estimate of drug-likeness (QED) is 0.744. The van der Waals surface area contributed by atoms with Crippen LogP contribution in [0.1, 0.15) is 15.9 Å². The smallest absolute Gasteiger partial charge is 0.418 e. The maximum Gasteiger partial charge on any atom is 0.418 e. The minimum Gasteiger partial charge on any atom is -0.478 e. The van der Waals surface area contributed by atoms with E-state index in [0.29, 0.717) is 0 Å². The summed E-state index contributed by atoms with van der Waals surface area (Å²) in [6.07, 6.45) is -4.62. The van der Waals surface area contributed by atoms with Gasteiger partial charge in [0.05, 0.1) is 21.8 Å². The second-order valence-electron chi connectivity index (χ2n) is 4.62. The fourth-order valence-corrected chi connectivity index (χ4v) is 2.09. The number of halogens is 4. The van der Waals surface area contributed by atoms with E-state index in [4.69, 9.17) is 16.7 Å². The highest BCUT2D eigenvalue weighted by Gasteiger charge is 2.33. The van der Waals surface area contributed by atoms with E-state index in [9.17, 15) is 22.8 Å². The summed E-state index contributed by atoms with van der Waals surface area (Å²) in [4.78, 5) is 22.8. The molecule has 0 fully saturated rings. The summed E-state index contributed by atoms with van der Waals surface area (Å²) in [5, 5.41) is 13.2. The van der Waals surface area contributed by atoms with Crippen LogP contribution in [0.15, 0.2) is 42.5 Å².